The quantitative estimate of drug-likeness (QED) is 0.762. The summed E-state index contributed by atoms with van der Waals surface area (Å²) in [6, 6.07) is 4.07. The fourth-order valence-corrected chi connectivity index (χ4v) is 2.00. The number of hydrogen-bond acceptors (Lipinski definition) is 3. The highest BCUT2D eigenvalue weighted by atomic mass is 16.5. The Hall–Kier alpha value is -1.84. The van der Waals surface area contributed by atoms with Crippen LogP contribution in [0.5, 0.6) is 5.75 Å². The Kier molecular flexibility index (Phi) is 5.10. The van der Waals surface area contributed by atoms with Crippen LogP contribution in [-0.2, 0) is 16.0 Å². The van der Waals surface area contributed by atoms with Gasteiger partial charge in [0.2, 0.25) is 5.78 Å². The molecule has 0 aliphatic carbocycles. The molecule has 4 nitrogen and oxygen atoms in total. The van der Waals surface area contributed by atoms with Gasteiger partial charge in [0.25, 0.3) is 5.91 Å². The maximum atomic E-state index is 11.5. The minimum atomic E-state index is -0.442. The van der Waals surface area contributed by atoms with Gasteiger partial charge >= 0.3 is 0 Å². The van der Waals surface area contributed by atoms with Crippen LogP contribution in [0, 0.1) is 13.8 Å². The number of rotatable bonds is 5. The van der Waals surface area contributed by atoms with Crippen molar-refractivity contribution in [2.45, 2.75) is 27.2 Å². The summed E-state index contributed by atoms with van der Waals surface area (Å²) in [7, 11) is 3.30. The molecule has 1 aromatic carbocycles. The summed E-state index contributed by atoms with van der Waals surface area (Å²) >= 11 is 0. The van der Waals surface area contributed by atoms with E-state index in [1.54, 1.807) is 14.2 Å². The van der Waals surface area contributed by atoms with Crippen LogP contribution in [0.4, 0.5) is 0 Å². The minimum Gasteiger partial charge on any atom is -0.496 e. The molecule has 104 valence electrons. The molecule has 0 radical (unpaired) electrons. The largest absolute Gasteiger partial charge is 0.496 e. The topological polar surface area (TPSA) is 46.6 Å². The van der Waals surface area contributed by atoms with Crippen molar-refractivity contribution in [3.8, 4) is 5.75 Å². The molecular weight excluding hydrogens is 242 g/mol. The number of hydrogen-bond donors (Lipinski definition) is 0. The molecule has 0 N–H and O–H groups in total. The number of methoxy groups -OCH3 is 1. The van der Waals surface area contributed by atoms with Crippen LogP contribution >= 0.6 is 0 Å². The SMILES string of the molecule is COc1cc(C)c(CCN(C)C(=O)C(C)=O)cc1C. The van der Waals surface area contributed by atoms with E-state index >= 15 is 0 Å². The Labute approximate surface area is 114 Å². The van der Waals surface area contributed by atoms with Crippen LogP contribution in [0.2, 0.25) is 0 Å². The van der Waals surface area contributed by atoms with Crippen molar-refractivity contribution in [2.75, 3.05) is 20.7 Å². The first-order chi connectivity index (χ1) is 8.86. The van der Waals surface area contributed by atoms with Crippen molar-refractivity contribution in [3.05, 3.63) is 28.8 Å². The van der Waals surface area contributed by atoms with Gasteiger partial charge in [-0.1, -0.05) is 6.07 Å². The summed E-state index contributed by atoms with van der Waals surface area (Å²) in [5.41, 5.74) is 3.37. The molecule has 0 heterocycles. The van der Waals surface area contributed by atoms with Crippen molar-refractivity contribution in [1.29, 1.82) is 0 Å². The summed E-state index contributed by atoms with van der Waals surface area (Å²) < 4.78 is 5.27. The third-order valence-electron chi connectivity index (χ3n) is 3.22. The fourth-order valence-electron chi connectivity index (χ4n) is 2.00. The van der Waals surface area contributed by atoms with Crippen LogP contribution in [0.25, 0.3) is 0 Å². The van der Waals surface area contributed by atoms with Gasteiger partial charge in [-0.15, -0.1) is 0 Å². The number of nitrogens with zero attached hydrogens (tertiary/aromatic N) is 1. The number of likely N-dealkylation sites (N-methyl/N-ethyl adjacent to an activating group) is 1. The monoisotopic (exact) mass is 263 g/mol. The second-order valence-corrected chi connectivity index (χ2v) is 4.78. The van der Waals surface area contributed by atoms with E-state index in [0.29, 0.717) is 6.54 Å². The standard InChI is InChI=1S/C15H21NO3/c1-10-9-14(19-5)11(2)8-13(10)6-7-16(4)15(18)12(3)17/h8-9H,6-7H2,1-5H3. The summed E-state index contributed by atoms with van der Waals surface area (Å²) in [6.07, 6.45) is 0.728. The van der Waals surface area contributed by atoms with Gasteiger partial charge in [0, 0.05) is 20.5 Å². The van der Waals surface area contributed by atoms with E-state index in [4.69, 9.17) is 4.74 Å². The average molecular weight is 263 g/mol. The average Bonchev–Trinajstić information content (AvgIpc) is 2.37. The number of ether oxygens (including phenoxy) is 1. The predicted molar refractivity (Wildman–Crippen MR) is 74.5 cm³/mol. The lowest BCUT2D eigenvalue weighted by Gasteiger charge is -2.17. The number of carbonyl (C=O) groups is 2. The molecule has 19 heavy (non-hydrogen) atoms. The molecule has 1 rings (SSSR count). The third kappa shape index (κ3) is 3.81. The van der Waals surface area contributed by atoms with Gasteiger partial charge in [-0.25, -0.2) is 0 Å². The van der Waals surface area contributed by atoms with E-state index in [-0.39, 0.29) is 0 Å². The number of carbonyl (C=O) groups excluding carboxylic acids is 2. The maximum Gasteiger partial charge on any atom is 0.289 e. The van der Waals surface area contributed by atoms with Gasteiger partial charge in [-0.3, -0.25) is 9.59 Å². The molecular formula is C15H21NO3. The third-order valence-corrected chi connectivity index (χ3v) is 3.22. The van der Waals surface area contributed by atoms with E-state index in [2.05, 4.69) is 6.07 Å². The maximum absolute atomic E-state index is 11.5. The lowest BCUT2D eigenvalue weighted by molar-refractivity contribution is -0.142. The zero-order valence-corrected chi connectivity index (χ0v) is 12.2. The first kappa shape index (κ1) is 15.2. The molecule has 1 amide bonds. The normalized spacial score (nSPS) is 10.2. The Morgan fingerprint density at radius 1 is 1.21 bits per heavy atom. The number of ketones is 1. The minimum absolute atomic E-state index is 0.426. The van der Waals surface area contributed by atoms with Crippen molar-refractivity contribution in [1.82, 2.24) is 4.90 Å². The molecule has 0 fully saturated rings. The number of amides is 1. The van der Waals surface area contributed by atoms with E-state index in [0.717, 1.165) is 23.3 Å². The van der Waals surface area contributed by atoms with Crippen LogP contribution in [0.15, 0.2) is 12.1 Å². The molecule has 0 spiro atoms. The Bertz CT molecular complexity index is 494. The van der Waals surface area contributed by atoms with Gasteiger partial charge in [-0.2, -0.15) is 0 Å². The van der Waals surface area contributed by atoms with Crippen LogP contribution < -0.4 is 4.74 Å². The lowest BCUT2D eigenvalue weighted by Crippen LogP contribution is -2.33. The smallest absolute Gasteiger partial charge is 0.289 e. The first-order valence-corrected chi connectivity index (χ1v) is 6.27. The zero-order valence-electron chi connectivity index (χ0n) is 12.2. The van der Waals surface area contributed by atoms with Gasteiger partial charge in [0.1, 0.15) is 5.75 Å². The highest BCUT2D eigenvalue weighted by molar-refractivity contribution is 6.34. The lowest BCUT2D eigenvalue weighted by atomic mass is 10.0. The van der Waals surface area contributed by atoms with Crippen LogP contribution in [-0.4, -0.2) is 37.3 Å². The molecule has 0 unspecified atom stereocenters. The fraction of sp³-hybridized carbons (Fsp3) is 0.467. The molecule has 0 bridgehead atoms. The summed E-state index contributed by atoms with van der Waals surface area (Å²) in [5.74, 6) is 0.00226. The summed E-state index contributed by atoms with van der Waals surface area (Å²) in [5, 5.41) is 0. The Morgan fingerprint density at radius 3 is 2.37 bits per heavy atom. The second-order valence-electron chi connectivity index (χ2n) is 4.78. The van der Waals surface area contributed by atoms with Gasteiger partial charge < -0.3 is 9.64 Å². The first-order valence-electron chi connectivity index (χ1n) is 6.27. The van der Waals surface area contributed by atoms with Gasteiger partial charge in [-0.05, 0) is 43.0 Å². The predicted octanol–water partition coefficient (Wildman–Crippen LogP) is 1.90. The van der Waals surface area contributed by atoms with Crippen molar-refractivity contribution in [3.63, 3.8) is 0 Å². The van der Waals surface area contributed by atoms with Crippen LogP contribution in [0.1, 0.15) is 23.6 Å². The van der Waals surface area contributed by atoms with Crippen molar-refractivity contribution < 1.29 is 14.3 Å². The highest BCUT2D eigenvalue weighted by Gasteiger charge is 2.14. The molecule has 0 saturated carbocycles. The molecule has 0 aliphatic rings. The molecule has 4 heteroatoms. The Balaban J connectivity index is 2.76. The number of Topliss-reactive ketones (excluding diaryl/α,β-unsaturated/α-hetero) is 1. The Morgan fingerprint density at radius 2 is 1.84 bits per heavy atom. The van der Waals surface area contributed by atoms with Crippen LogP contribution in [0.3, 0.4) is 0 Å². The van der Waals surface area contributed by atoms with Crippen molar-refractivity contribution in [2.24, 2.45) is 0 Å². The van der Waals surface area contributed by atoms with E-state index in [9.17, 15) is 9.59 Å². The zero-order chi connectivity index (χ0) is 14.6. The van der Waals surface area contributed by atoms with E-state index < -0.39 is 11.7 Å². The summed E-state index contributed by atoms with van der Waals surface area (Å²) in [4.78, 5) is 23.9. The molecule has 0 aliphatic heterocycles. The highest BCUT2D eigenvalue weighted by Crippen LogP contribution is 2.22. The van der Waals surface area contributed by atoms with Gasteiger partial charge in [0.15, 0.2) is 0 Å². The number of benzene rings is 1. The second kappa shape index (κ2) is 6.36. The molecule has 0 atom stereocenters. The molecule has 0 aromatic heterocycles. The summed E-state index contributed by atoms with van der Waals surface area (Å²) in [6.45, 7) is 5.84. The van der Waals surface area contributed by atoms with Gasteiger partial charge in [0.05, 0.1) is 7.11 Å². The van der Waals surface area contributed by atoms with E-state index in [1.807, 2.05) is 19.9 Å². The van der Waals surface area contributed by atoms with Crippen molar-refractivity contribution >= 4 is 11.7 Å². The van der Waals surface area contributed by atoms with E-state index in [1.165, 1.54) is 17.4 Å². The molecule has 1 aromatic rings. The number of aryl methyl sites for hydroxylation is 2. The molecule has 0 saturated heterocycles.